The molecule has 0 saturated carbocycles. The van der Waals surface area contributed by atoms with E-state index in [0.29, 0.717) is 5.02 Å². The van der Waals surface area contributed by atoms with E-state index in [-0.39, 0.29) is 11.4 Å². The van der Waals surface area contributed by atoms with Crippen LogP contribution in [0, 0.1) is 13.8 Å². The van der Waals surface area contributed by atoms with Gasteiger partial charge >= 0.3 is 0 Å². The van der Waals surface area contributed by atoms with Crippen LogP contribution in [0.15, 0.2) is 59.7 Å². The summed E-state index contributed by atoms with van der Waals surface area (Å²) in [6.45, 7) is 3.45. The Bertz CT molecular complexity index is 1290. The lowest BCUT2D eigenvalue weighted by Crippen LogP contribution is -2.39. The maximum atomic E-state index is 12.5. The van der Waals surface area contributed by atoms with Crippen LogP contribution >= 0.6 is 11.6 Å². The van der Waals surface area contributed by atoms with Crippen LogP contribution in [0.4, 0.5) is 5.69 Å². The van der Waals surface area contributed by atoms with Crippen LogP contribution in [-0.2, 0) is 14.8 Å². The minimum Gasteiger partial charge on any atom is -0.495 e. The largest absolute Gasteiger partial charge is 0.495 e. The van der Waals surface area contributed by atoms with Crippen LogP contribution < -0.4 is 14.5 Å². The number of sulfonamides is 1. The third-order valence-electron chi connectivity index (χ3n) is 4.97. The normalized spacial score (nSPS) is 11.5. The number of benzene rings is 2. The number of aromatic nitrogens is 1. The zero-order chi connectivity index (χ0) is 24.2. The molecule has 0 radical (unpaired) electrons. The van der Waals surface area contributed by atoms with E-state index in [2.05, 4.69) is 15.1 Å². The molecule has 0 atom stereocenters. The number of amides is 1. The van der Waals surface area contributed by atoms with E-state index in [4.69, 9.17) is 16.3 Å². The van der Waals surface area contributed by atoms with Crippen LogP contribution in [0.3, 0.4) is 0 Å². The molecule has 1 amide bonds. The molecule has 3 aromatic rings. The molecule has 0 fully saturated rings. The molecule has 0 spiro atoms. The molecule has 0 aliphatic carbocycles. The van der Waals surface area contributed by atoms with Gasteiger partial charge in [-0.15, -0.1) is 0 Å². The molecule has 8 nitrogen and oxygen atoms in total. The second-order valence-corrected chi connectivity index (χ2v) is 9.72. The van der Waals surface area contributed by atoms with Crippen molar-refractivity contribution in [2.24, 2.45) is 5.10 Å². The Morgan fingerprint density at radius 3 is 2.52 bits per heavy atom. The number of hydrogen-bond acceptors (Lipinski definition) is 5. The Hall–Kier alpha value is -3.30. The van der Waals surface area contributed by atoms with Gasteiger partial charge in [0.15, 0.2) is 0 Å². The number of anilines is 1. The number of hydrogen-bond donors (Lipinski definition) is 1. The lowest BCUT2D eigenvalue weighted by molar-refractivity contribution is -0.119. The maximum Gasteiger partial charge on any atom is 0.260 e. The predicted octanol–water partition coefficient (Wildman–Crippen LogP) is 3.67. The Kier molecular flexibility index (Phi) is 7.45. The average molecular weight is 489 g/mol. The number of aryl methyl sites for hydroxylation is 1. The van der Waals surface area contributed by atoms with Gasteiger partial charge in [0.05, 0.1) is 25.3 Å². The molecule has 33 heavy (non-hydrogen) atoms. The fraction of sp³-hybridized carbons (Fsp3) is 0.217. The van der Waals surface area contributed by atoms with Gasteiger partial charge in [-0.3, -0.25) is 9.10 Å². The summed E-state index contributed by atoms with van der Waals surface area (Å²) in [4.78, 5) is 12.5. The Balaban J connectivity index is 1.77. The average Bonchev–Trinajstić information content (AvgIpc) is 3.04. The number of nitrogens with one attached hydrogen (secondary N) is 1. The number of ether oxygens (including phenoxy) is 1. The Morgan fingerprint density at radius 2 is 1.88 bits per heavy atom. The second kappa shape index (κ2) is 10.1. The summed E-state index contributed by atoms with van der Waals surface area (Å²) in [5.74, 6) is -0.343. The zero-order valence-electron chi connectivity index (χ0n) is 18.7. The number of hydrazone groups is 1. The maximum absolute atomic E-state index is 12.5. The SMILES string of the molecule is COc1ccc(Cl)cc1N(CC(=O)N/N=C\c1cc(C)n(-c2ccccc2)c1C)S(C)(=O)=O. The summed E-state index contributed by atoms with van der Waals surface area (Å²) >= 11 is 6.03. The van der Waals surface area contributed by atoms with Gasteiger partial charge in [-0.1, -0.05) is 29.8 Å². The Labute approximate surface area is 198 Å². The van der Waals surface area contributed by atoms with Crippen molar-refractivity contribution in [1.82, 2.24) is 9.99 Å². The second-order valence-electron chi connectivity index (χ2n) is 7.38. The highest BCUT2D eigenvalue weighted by atomic mass is 35.5. The highest BCUT2D eigenvalue weighted by Crippen LogP contribution is 2.32. The highest BCUT2D eigenvalue weighted by Gasteiger charge is 2.24. The van der Waals surface area contributed by atoms with Crippen LogP contribution in [0.1, 0.15) is 17.0 Å². The molecule has 0 aliphatic heterocycles. The number of rotatable bonds is 8. The van der Waals surface area contributed by atoms with E-state index in [1.165, 1.54) is 25.5 Å². The molecule has 1 heterocycles. The molecule has 0 unspecified atom stereocenters. The number of halogens is 1. The van der Waals surface area contributed by atoms with Crippen LogP contribution in [0.25, 0.3) is 5.69 Å². The van der Waals surface area contributed by atoms with Gasteiger partial charge in [-0.25, -0.2) is 13.8 Å². The van der Waals surface area contributed by atoms with Crippen molar-refractivity contribution < 1.29 is 17.9 Å². The summed E-state index contributed by atoms with van der Waals surface area (Å²) < 4.78 is 33.0. The van der Waals surface area contributed by atoms with E-state index < -0.39 is 22.5 Å². The molecule has 3 rings (SSSR count). The van der Waals surface area contributed by atoms with E-state index in [0.717, 1.165) is 33.2 Å². The third kappa shape index (κ3) is 5.74. The van der Waals surface area contributed by atoms with Gasteiger partial charge in [0.25, 0.3) is 5.91 Å². The molecule has 10 heteroatoms. The molecule has 2 aromatic carbocycles. The first kappa shape index (κ1) is 24.3. The molecular formula is C23H25ClN4O4S. The molecule has 0 aliphatic rings. The van der Waals surface area contributed by atoms with Crippen molar-refractivity contribution in [2.75, 3.05) is 24.2 Å². The number of nitrogens with zero attached hydrogens (tertiary/aromatic N) is 3. The minimum atomic E-state index is -3.80. The molecular weight excluding hydrogens is 464 g/mol. The first-order valence-corrected chi connectivity index (χ1v) is 12.2. The van der Waals surface area contributed by atoms with Crippen molar-refractivity contribution in [3.63, 3.8) is 0 Å². The predicted molar refractivity (Wildman–Crippen MR) is 131 cm³/mol. The molecule has 174 valence electrons. The number of para-hydroxylation sites is 1. The Morgan fingerprint density at radius 1 is 1.18 bits per heavy atom. The van der Waals surface area contributed by atoms with E-state index in [1.807, 2.05) is 50.2 Å². The van der Waals surface area contributed by atoms with Crippen molar-refractivity contribution in [1.29, 1.82) is 0 Å². The summed E-state index contributed by atoms with van der Waals surface area (Å²) in [5.41, 5.74) is 6.38. The summed E-state index contributed by atoms with van der Waals surface area (Å²) in [6.07, 6.45) is 2.53. The number of carbonyl (C=O) groups excluding carboxylic acids is 1. The molecule has 0 saturated heterocycles. The first-order valence-electron chi connectivity index (χ1n) is 9.99. The van der Waals surface area contributed by atoms with Crippen LogP contribution in [0.5, 0.6) is 5.75 Å². The topological polar surface area (TPSA) is 93.0 Å². The van der Waals surface area contributed by atoms with E-state index >= 15 is 0 Å². The fourth-order valence-corrected chi connectivity index (χ4v) is 4.49. The number of carbonyl (C=O) groups is 1. The smallest absolute Gasteiger partial charge is 0.260 e. The van der Waals surface area contributed by atoms with E-state index in [9.17, 15) is 13.2 Å². The zero-order valence-corrected chi connectivity index (χ0v) is 20.3. The van der Waals surface area contributed by atoms with Crippen molar-refractivity contribution in [3.05, 3.63) is 76.6 Å². The molecule has 1 aromatic heterocycles. The van der Waals surface area contributed by atoms with Gasteiger partial charge in [0.2, 0.25) is 10.0 Å². The monoisotopic (exact) mass is 488 g/mol. The standard InChI is InChI=1S/C23H25ClN4O4S/c1-16-12-18(17(2)28(16)20-8-6-5-7-9-20)14-25-26-23(29)15-27(33(4,30)31)21-13-19(24)10-11-22(21)32-3/h5-14H,15H2,1-4H3,(H,26,29)/b25-14-. The van der Waals surface area contributed by atoms with E-state index in [1.54, 1.807) is 6.07 Å². The van der Waals surface area contributed by atoms with Crippen molar-refractivity contribution >= 4 is 39.4 Å². The number of methoxy groups -OCH3 is 1. The highest BCUT2D eigenvalue weighted by molar-refractivity contribution is 7.92. The third-order valence-corrected chi connectivity index (χ3v) is 6.34. The van der Waals surface area contributed by atoms with Gasteiger partial charge in [-0.05, 0) is 50.2 Å². The van der Waals surface area contributed by atoms with Crippen LogP contribution in [0.2, 0.25) is 5.02 Å². The lowest BCUT2D eigenvalue weighted by atomic mass is 10.2. The van der Waals surface area contributed by atoms with Gasteiger partial charge in [-0.2, -0.15) is 5.10 Å². The lowest BCUT2D eigenvalue weighted by Gasteiger charge is -2.23. The van der Waals surface area contributed by atoms with Crippen LogP contribution in [-0.4, -0.2) is 45.0 Å². The first-order chi connectivity index (χ1) is 15.6. The van der Waals surface area contributed by atoms with Gasteiger partial charge < -0.3 is 9.30 Å². The summed E-state index contributed by atoms with van der Waals surface area (Å²) in [7, 11) is -2.39. The van der Waals surface area contributed by atoms with Crippen molar-refractivity contribution in [2.45, 2.75) is 13.8 Å². The fourth-order valence-electron chi connectivity index (χ4n) is 3.47. The summed E-state index contributed by atoms with van der Waals surface area (Å²) in [6, 6.07) is 16.4. The quantitative estimate of drug-likeness (QED) is 0.386. The molecule has 1 N–H and O–H groups in total. The van der Waals surface area contributed by atoms with Crippen molar-refractivity contribution in [3.8, 4) is 11.4 Å². The summed E-state index contributed by atoms with van der Waals surface area (Å²) in [5, 5.41) is 4.33. The van der Waals surface area contributed by atoms with Gasteiger partial charge in [0, 0.05) is 27.7 Å². The molecule has 0 bridgehead atoms. The minimum absolute atomic E-state index is 0.165. The van der Waals surface area contributed by atoms with Gasteiger partial charge in [0.1, 0.15) is 12.3 Å².